The van der Waals surface area contributed by atoms with E-state index in [1.165, 1.54) is 0 Å². The first-order valence-electron chi connectivity index (χ1n) is 7.59. The number of aromatic nitrogens is 2. The van der Waals surface area contributed by atoms with Gasteiger partial charge in [0.1, 0.15) is 5.69 Å². The van der Waals surface area contributed by atoms with Gasteiger partial charge in [0.15, 0.2) is 5.69 Å². The molecule has 0 saturated carbocycles. The molecule has 0 saturated heterocycles. The molecule has 2 heterocycles. The first-order valence-corrected chi connectivity index (χ1v) is 7.59. The second-order valence-electron chi connectivity index (χ2n) is 5.48. The number of rotatable bonds is 3. The average molecular weight is 320 g/mol. The van der Waals surface area contributed by atoms with Crippen LogP contribution in [0.3, 0.4) is 0 Å². The molecule has 7 heteroatoms. The third kappa shape index (κ3) is 2.85. The van der Waals surface area contributed by atoms with Crippen molar-refractivity contribution in [2.45, 2.75) is 6.54 Å². The molecule has 0 spiro atoms. The van der Waals surface area contributed by atoms with Crippen molar-refractivity contribution < 1.29 is 5.17 Å². The molecule has 0 bridgehead atoms. The number of hydrogen-bond donors (Lipinski definition) is 4. The van der Waals surface area contributed by atoms with Crippen molar-refractivity contribution in [2.24, 2.45) is 4.99 Å². The molecule has 0 radical (unpaired) electrons. The number of nitrogens with one attached hydrogen (secondary N) is 4. The Morgan fingerprint density at radius 2 is 1.96 bits per heavy atom. The van der Waals surface area contributed by atoms with Crippen LogP contribution in [0.25, 0.3) is 11.1 Å². The van der Waals surface area contributed by atoms with Crippen LogP contribution < -0.4 is 15.9 Å². The minimum atomic E-state index is -0.166. The van der Waals surface area contributed by atoms with Crippen LogP contribution in [0.5, 0.6) is 0 Å². The van der Waals surface area contributed by atoms with E-state index in [2.05, 4.69) is 25.9 Å². The summed E-state index contributed by atoms with van der Waals surface area (Å²) < 4.78 is 0. The minimum Gasteiger partial charge on any atom is -0.603 e. The van der Waals surface area contributed by atoms with Crippen LogP contribution in [0.1, 0.15) is 5.56 Å². The molecular weight excluding hydrogens is 304 g/mol. The van der Waals surface area contributed by atoms with E-state index in [4.69, 9.17) is 0 Å². The number of anilines is 1. The molecule has 120 valence electrons. The lowest BCUT2D eigenvalue weighted by Gasteiger charge is -2.30. The quantitative estimate of drug-likeness (QED) is 0.551. The normalized spacial score (nSPS) is 17.9. The monoisotopic (exact) mass is 320 g/mol. The fourth-order valence-corrected chi connectivity index (χ4v) is 2.60. The van der Waals surface area contributed by atoms with Crippen LogP contribution in [0, 0.1) is 5.21 Å². The Balaban J connectivity index is 1.57. The number of hydrogen-bond acceptors (Lipinski definition) is 3. The molecule has 1 aromatic heterocycles. The summed E-state index contributed by atoms with van der Waals surface area (Å²) in [5.41, 5.74) is 7.09. The van der Waals surface area contributed by atoms with Gasteiger partial charge in [0, 0.05) is 17.8 Å². The molecule has 1 atom stereocenters. The maximum absolute atomic E-state index is 12.4. The predicted octanol–water partition coefficient (Wildman–Crippen LogP) is 1.58. The summed E-state index contributed by atoms with van der Waals surface area (Å²) in [5, 5.41) is 22.1. The van der Waals surface area contributed by atoms with Crippen molar-refractivity contribution in [3.8, 4) is 11.1 Å². The second kappa shape index (κ2) is 6.15. The van der Waals surface area contributed by atoms with Gasteiger partial charge in [-0.3, -0.25) is 5.10 Å². The Morgan fingerprint density at radius 1 is 1.08 bits per heavy atom. The maximum atomic E-state index is 12.4. The molecule has 4 N–H and O–H groups in total. The first kappa shape index (κ1) is 14.4. The number of benzene rings is 2. The molecule has 0 fully saturated rings. The van der Waals surface area contributed by atoms with Gasteiger partial charge in [-0.2, -0.15) is 10.5 Å². The number of H-pyrrole nitrogens is 1. The SMILES string of the molecule is [O-][NH+]1NC(=NCc2ccccc2)Nc2ccc(-c3cn[nH]c3)cc21. The molecule has 0 aliphatic carbocycles. The topological polar surface area (TPSA) is 92.6 Å². The van der Waals surface area contributed by atoms with E-state index in [-0.39, 0.29) is 5.17 Å². The molecule has 2 aromatic carbocycles. The van der Waals surface area contributed by atoms with Gasteiger partial charge >= 0.3 is 0 Å². The van der Waals surface area contributed by atoms with Crippen LogP contribution in [0.2, 0.25) is 0 Å². The largest absolute Gasteiger partial charge is 0.603 e. The molecule has 4 rings (SSSR count). The van der Waals surface area contributed by atoms with Crippen molar-refractivity contribution >= 4 is 17.3 Å². The van der Waals surface area contributed by atoms with Gasteiger partial charge < -0.3 is 10.5 Å². The van der Waals surface area contributed by atoms with Crippen molar-refractivity contribution in [1.82, 2.24) is 15.6 Å². The molecule has 24 heavy (non-hydrogen) atoms. The summed E-state index contributed by atoms with van der Waals surface area (Å²) in [5.74, 6) is 0.465. The standard InChI is InChI=1S/C17H16N6O/c24-23-16-8-13(14-10-19-20-11-14)6-7-15(16)21-17(22-23)18-9-12-4-2-1-3-5-12/h1-8,10-11,23H,9H2,(H,19,20)(H2,18,21,22). The van der Waals surface area contributed by atoms with Gasteiger partial charge in [-0.25, -0.2) is 10.2 Å². The van der Waals surface area contributed by atoms with E-state index in [0.717, 1.165) is 22.4 Å². The highest BCUT2D eigenvalue weighted by Gasteiger charge is 2.20. The summed E-state index contributed by atoms with van der Waals surface area (Å²) in [7, 11) is 0. The predicted molar refractivity (Wildman–Crippen MR) is 92.4 cm³/mol. The lowest BCUT2D eigenvalue weighted by molar-refractivity contribution is -0.816. The van der Waals surface area contributed by atoms with Crippen LogP contribution in [0.15, 0.2) is 65.9 Å². The van der Waals surface area contributed by atoms with Crippen LogP contribution in [0.4, 0.5) is 11.4 Å². The number of guanidine groups is 1. The fraction of sp³-hybridized carbons (Fsp3) is 0.0588. The summed E-state index contributed by atoms with van der Waals surface area (Å²) in [6.45, 7) is 0.506. The van der Waals surface area contributed by atoms with Crippen molar-refractivity contribution in [1.29, 1.82) is 0 Å². The Kier molecular flexibility index (Phi) is 3.70. The number of quaternary nitrogens is 1. The molecule has 1 unspecified atom stereocenters. The number of aromatic amines is 1. The molecule has 0 amide bonds. The van der Waals surface area contributed by atoms with Gasteiger partial charge in [0.25, 0.3) is 0 Å². The highest BCUT2D eigenvalue weighted by atomic mass is 16.5. The molecular formula is C17H16N6O. The zero-order valence-corrected chi connectivity index (χ0v) is 12.8. The van der Waals surface area contributed by atoms with Gasteiger partial charge in [0.05, 0.1) is 12.7 Å². The Bertz CT molecular complexity index is 860. The molecule has 7 nitrogen and oxygen atoms in total. The Hall–Kier alpha value is -3.16. The van der Waals surface area contributed by atoms with Crippen molar-refractivity contribution in [3.63, 3.8) is 0 Å². The highest BCUT2D eigenvalue weighted by molar-refractivity contribution is 5.97. The number of fused-ring (bicyclic) bond motifs is 1. The Morgan fingerprint density at radius 3 is 2.75 bits per heavy atom. The van der Waals surface area contributed by atoms with Crippen LogP contribution in [-0.4, -0.2) is 16.2 Å². The van der Waals surface area contributed by atoms with E-state index in [0.29, 0.717) is 18.2 Å². The maximum Gasteiger partial charge on any atom is 0.243 e. The van der Waals surface area contributed by atoms with Crippen molar-refractivity contribution in [2.75, 3.05) is 5.32 Å². The van der Waals surface area contributed by atoms with Crippen LogP contribution in [-0.2, 0) is 6.54 Å². The molecule has 1 aliphatic heterocycles. The fourth-order valence-electron chi connectivity index (χ4n) is 2.60. The third-order valence-electron chi connectivity index (χ3n) is 3.84. The Labute approximate surface area is 138 Å². The van der Waals surface area contributed by atoms with E-state index in [1.54, 1.807) is 12.4 Å². The van der Waals surface area contributed by atoms with Gasteiger partial charge in [0.2, 0.25) is 5.96 Å². The van der Waals surface area contributed by atoms with Gasteiger partial charge in [-0.05, 0) is 17.2 Å². The molecule has 1 aliphatic rings. The lowest BCUT2D eigenvalue weighted by atomic mass is 10.1. The summed E-state index contributed by atoms with van der Waals surface area (Å²) >= 11 is 0. The first-order chi connectivity index (χ1) is 11.8. The molecule has 3 aromatic rings. The van der Waals surface area contributed by atoms with Gasteiger partial charge in [-0.1, -0.05) is 36.4 Å². The third-order valence-corrected chi connectivity index (χ3v) is 3.84. The van der Waals surface area contributed by atoms with E-state index >= 15 is 0 Å². The van der Waals surface area contributed by atoms with E-state index in [1.807, 2.05) is 48.5 Å². The van der Waals surface area contributed by atoms with Crippen LogP contribution >= 0.6 is 0 Å². The summed E-state index contributed by atoms with van der Waals surface area (Å²) in [4.78, 5) is 4.43. The zero-order chi connectivity index (χ0) is 16.4. The number of nitrogens with zero attached hydrogens (tertiary/aromatic N) is 2. The van der Waals surface area contributed by atoms with Crippen molar-refractivity contribution in [3.05, 3.63) is 71.7 Å². The second-order valence-corrected chi connectivity index (χ2v) is 5.48. The van der Waals surface area contributed by atoms with E-state index in [9.17, 15) is 5.21 Å². The van der Waals surface area contributed by atoms with E-state index < -0.39 is 0 Å². The minimum absolute atomic E-state index is 0.166. The average Bonchev–Trinajstić information content (AvgIpc) is 3.15. The number of aliphatic imine (C=N–C) groups is 1. The zero-order valence-electron chi connectivity index (χ0n) is 12.8. The summed E-state index contributed by atoms with van der Waals surface area (Å²) in [6.07, 6.45) is 3.52. The highest BCUT2D eigenvalue weighted by Crippen LogP contribution is 2.27. The lowest BCUT2D eigenvalue weighted by Crippen LogP contribution is -3.11. The smallest absolute Gasteiger partial charge is 0.243 e. The van der Waals surface area contributed by atoms with Gasteiger partial charge in [-0.15, -0.1) is 0 Å². The summed E-state index contributed by atoms with van der Waals surface area (Å²) in [6, 6.07) is 15.6.